The van der Waals surface area contributed by atoms with Crippen LogP contribution in [-0.2, 0) is 11.0 Å². The van der Waals surface area contributed by atoms with Crippen molar-refractivity contribution in [1.82, 2.24) is 15.2 Å². The Morgan fingerprint density at radius 1 is 1.12 bits per heavy atom. The molecule has 13 heteroatoms. The number of amides is 1. The second-order valence-corrected chi connectivity index (χ2v) is 8.82. The van der Waals surface area contributed by atoms with E-state index in [1.165, 1.54) is 0 Å². The van der Waals surface area contributed by atoms with Crippen molar-refractivity contribution < 1.29 is 32.3 Å². The fourth-order valence-electron chi connectivity index (χ4n) is 3.89. The van der Waals surface area contributed by atoms with Gasteiger partial charge < -0.3 is 14.8 Å². The molecule has 0 saturated heterocycles. The summed E-state index contributed by atoms with van der Waals surface area (Å²) in [6.07, 6.45) is -0.756. The van der Waals surface area contributed by atoms with Crippen molar-refractivity contribution in [3.05, 3.63) is 46.8 Å². The van der Waals surface area contributed by atoms with E-state index in [-0.39, 0.29) is 29.4 Å². The SMILES string of the molecule is O=C(O)C[C@H]1CC[C@H](c2ccc(NC(=O)c3nnc(Nc4nc(C(F)(F)F)cs4)o3)cc2)CC1. The maximum atomic E-state index is 12.6. The number of carboxylic acids is 1. The molecule has 1 fully saturated rings. The molecule has 3 N–H and O–H groups in total. The highest BCUT2D eigenvalue weighted by molar-refractivity contribution is 7.13. The monoisotopic (exact) mass is 495 g/mol. The zero-order chi connectivity index (χ0) is 24.3. The molecule has 34 heavy (non-hydrogen) atoms. The number of hydrogen-bond acceptors (Lipinski definition) is 8. The van der Waals surface area contributed by atoms with Gasteiger partial charge in [-0.2, -0.15) is 13.2 Å². The van der Waals surface area contributed by atoms with Crippen LogP contribution in [0.1, 0.15) is 60.0 Å². The minimum atomic E-state index is -4.56. The van der Waals surface area contributed by atoms with Crippen molar-refractivity contribution in [3.8, 4) is 0 Å². The largest absolute Gasteiger partial charge is 0.481 e. The molecule has 1 aliphatic carbocycles. The molecule has 0 radical (unpaired) electrons. The van der Waals surface area contributed by atoms with E-state index in [2.05, 4.69) is 25.8 Å². The van der Waals surface area contributed by atoms with Gasteiger partial charge in [-0.15, -0.1) is 16.4 Å². The van der Waals surface area contributed by atoms with Crippen molar-refractivity contribution in [2.45, 2.75) is 44.2 Å². The number of benzene rings is 1. The van der Waals surface area contributed by atoms with Crippen LogP contribution in [0.15, 0.2) is 34.1 Å². The quantitative estimate of drug-likeness (QED) is 0.403. The first-order valence-corrected chi connectivity index (χ1v) is 11.3. The number of carboxylic acid groups (broad SMARTS) is 1. The number of aromatic nitrogens is 3. The third-order valence-corrected chi connectivity index (χ3v) is 6.34. The number of nitrogens with one attached hydrogen (secondary N) is 2. The second-order valence-electron chi connectivity index (χ2n) is 7.96. The highest BCUT2D eigenvalue weighted by Gasteiger charge is 2.34. The maximum absolute atomic E-state index is 12.6. The fourth-order valence-corrected chi connectivity index (χ4v) is 4.60. The van der Waals surface area contributed by atoms with Crippen molar-refractivity contribution in [2.75, 3.05) is 10.6 Å². The number of carbonyl (C=O) groups is 2. The molecule has 0 unspecified atom stereocenters. The van der Waals surface area contributed by atoms with Gasteiger partial charge in [0.2, 0.25) is 0 Å². The lowest BCUT2D eigenvalue weighted by Crippen LogP contribution is -2.16. The molecular formula is C21H20F3N5O4S. The molecule has 0 atom stereocenters. The Balaban J connectivity index is 1.31. The lowest BCUT2D eigenvalue weighted by molar-refractivity contribution is -0.141. The van der Waals surface area contributed by atoms with Crippen molar-refractivity contribution in [2.24, 2.45) is 5.92 Å². The number of halogens is 3. The Bertz CT molecular complexity index is 1150. The molecule has 0 bridgehead atoms. The average molecular weight is 495 g/mol. The molecule has 0 aliphatic heterocycles. The van der Waals surface area contributed by atoms with Crippen LogP contribution in [0.4, 0.5) is 30.0 Å². The molecule has 9 nitrogen and oxygen atoms in total. The normalized spacial score (nSPS) is 18.4. The molecule has 1 amide bonds. The third-order valence-electron chi connectivity index (χ3n) is 5.58. The van der Waals surface area contributed by atoms with Gasteiger partial charge in [0.15, 0.2) is 10.8 Å². The van der Waals surface area contributed by atoms with Gasteiger partial charge >= 0.3 is 30.0 Å². The summed E-state index contributed by atoms with van der Waals surface area (Å²) in [6, 6.07) is 7.07. The van der Waals surface area contributed by atoms with Crippen LogP contribution >= 0.6 is 11.3 Å². The zero-order valence-corrected chi connectivity index (χ0v) is 18.4. The van der Waals surface area contributed by atoms with E-state index in [0.717, 1.165) is 36.6 Å². The molecule has 1 aliphatic rings. The van der Waals surface area contributed by atoms with Crippen LogP contribution in [0.5, 0.6) is 0 Å². The van der Waals surface area contributed by atoms with E-state index < -0.39 is 23.7 Å². The van der Waals surface area contributed by atoms with Gasteiger partial charge in [0.25, 0.3) is 0 Å². The van der Waals surface area contributed by atoms with Crippen LogP contribution in [0.25, 0.3) is 0 Å². The van der Waals surface area contributed by atoms with E-state index in [1.54, 1.807) is 12.1 Å². The van der Waals surface area contributed by atoms with E-state index in [1.807, 2.05) is 12.1 Å². The van der Waals surface area contributed by atoms with Gasteiger partial charge in [-0.3, -0.25) is 14.9 Å². The van der Waals surface area contributed by atoms with Crippen LogP contribution in [-0.4, -0.2) is 32.2 Å². The van der Waals surface area contributed by atoms with Gasteiger partial charge in [-0.05, 0) is 55.2 Å². The Labute approximate surface area is 195 Å². The average Bonchev–Trinajstić information content (AvgIpc) is 3.45. The number of anilines is 3. The van der Waals surface area contributed by atoms with Crippen LogP contribution in [0.2, 0.25) is 0 Å². The molecule has 2 heterocycles. The minimum Gasteiger partial charge on any atom is -0.481 e. The van der Waals surface area contributed by atoms with Crippen LogP contribution in [0.3, 0.4) is 0 Å². The number of thiazole rings is 1. The van der Waals surface area contributed by atoms with E-state index in [4.69, 9.17) is 9.52 Å². The minimum absolute atomic E-state index is 0.101. The standard InChI is InChI=1S/C21H20F3N5O4S/c22-21(23,24)15-10-34-20(26-15)27-19-29-28-18(33-19)17(32)25-14-7-5-13(6-8-14)12-3-1-11(2-4-12)9-16(30)31/h5-8,10-12H,1-4,9H2,(H,25,32)(H,30,31)(H,26,27,29)/t11-,12-. The van der Waals surface area contributed by atoms with Gasteiger partial charge in [-0.25, -0.2) is 4.98 Å². The van der Waals surface area contributed by atoms with Gasteiger partial charge in [0, 0.05) is 17.5 Å². The predicted molar refractivity (Wildman–Crippen MR) is 116 cm³/mol. The summed E-state index contributed by atoms with van der Waals surface area (Å²) in [5, 5.41) is 22.0. The fraction of sp³-hybridized carbons (Fsp3) is 0.381. The number of carbonyl (C=O) groups excluding carboxylic acids is 1. The van der Waals surface area contributed by atoms with Crippen molar-refractivity contribution in [1.29, 1.82) is 0 Å². The molecule has 2 aromatic heterocycles. The van der Waals surface area contributed by atoms with Gasteiger partial charge in [-0.1, -0.05) is 17.2 Å². The lowest BCUT2D eigenvalue weighted by atomic mass is 9.77. The van der Waals surface area contributed by atoms with E-state index in [0.29, 0.717) is 22.9 Å². The highest BCUT2D eigenvalue weighted by atomic mass is 32.1. The lowest BCUT2D eigenvalue weighted by Gasteiger charge is -2.28. The Morgan fingerprint density at radius 2 is 1.82 bits per heavy atom. The first kappa shape index (κ1) is 23.7. The summed E-state index contributed by atoms with van der Waals surface area (Å²) in [6.45, 7) is 0. The number of hydrogen-bond donors (Lipinski definition) is 3. The summed E-state index contributed by atoms with van der Waals surface area (Å²) in [5.41, 5.74) is 0.586. The summed E-state index contributed by atoms with van der Waals surface area (Å²) in [5.74, 6) is -1.22. The zero-order valence-electron chi connectivity index (χ0n) is 17.6. The predicted octanol–water partition coefficient (Wildman–Crippen LogP) is 5.29. The Hall–Kier alpha value is -3.48. The third kappa shape index (κ3) is 5.90. The molecule has 3 aromatic rings. The molecule has 4 rings (SSSR count). The Morgan fingerprint density at radius 3 is 2.44 bits per heavy atom. The molecule has 0 spiro atoms. The number of rotatable bonds is 7. The topological polar surface area (TPSA) is 130 Å². The highest BCUT2D eigenvalue weighted by Crippen LogP contribution is 2.37. The van der Waals surface area contributed by atoms with Crippen LogP contribution < -0.4 is 10.6 Å². The van der Waals surface area contributed by atoms with Gasteiger partial charge in [0.1, 0.15) is 0 Å². The molecule has 1 saturated carbocycles. The van der Waals surface area contributed by atoms with Crippen LogP contribution in [0, 0.1) is 5.92 Å². The van der Waals surface area contributed by atoms with E-state index >= 15 is 0 Å². The maximum Gasteiger partial charge on any atom is 0.434 e. The molecule has 1 aromatic carbocycles. The van der Waals surface area contributed by atoms with Crippen molar-refractivity contribution >= 4 is 40.0 Å². The second kappa shape index (κ2) is 9.79. The summed E-state index contributed by atoms with van der Waals surface area (Å²) in [7, 11) is 0. The van der Waals surface area contributed by atoms with Crippen molar-refractivity contribution in [3.63, 3.8) is 0 Å². The van der Waals surface area contributed by atoms with Gasteiger partial charge in [0.05, 0.1) is 0 Å². The number of aliphatic carboxylic acids is 1. The summed E-state index contributed by atoms with van der Waals surface area (Å²) < 4.78 is 43.1. The summed E-state index contributed by atoms with van der Waals surface area (Å²) in [4.78, 5) is 26.6. The summed E-state index contributed by atoms with van der Waals surface area (Å²) >= 11 is 0.710. The molecular weight excluding hydrogens is 475 g/mol. The first-order valence-electron chi connectivity index (χ1n) is 10.4. The van der Waals surface area contributed by atoms with E-state index in [9.17, 15) is 22.8 Å². The number of alkyl halides is 3. The smallest absolute Gasteiger partial charge is 0.434 e. The molecule has 180 valence electrons. The Kier molecular flexibility index (Phi) is 6.82. The first-order chi connectivity index (χ1) is 16.2. The number of nitrogens with zero attached hydrogens (tertiary/aromatic N) is 3.